The molecule has 61 heavy (non-hydrogen) atoms. The number of nitrogen functional groups attached to an aromatic ring is 1. The number of fused-ring (bicyclic) bond motifs is 1. The molecule has 0 saturated heterocycles. The van der Waals surface area contributed by atoms with Crippen LogP contribution >= 0.6 is 0 Å². The first-order chi connectivity index (χ1) is 29.0. The first-order valence-corrected chi connectivity index (χ1v) is 20.2. The van der Waals surface area contributed by atoms with Crippen LogP contribution in [0.2, 0.25) is 0 Å². The Bertz CT molecular complexity index is 2980. The van der Waals surface area contributed by atoms with E-state index in [4.69, 9.17) is 24.7 Å². The monoisotopic (exact) mass is 870 g/mol. The molecule has 0 aromatic heterocycles. The topological polar surface area (TPSA) is 295 Å². The maximum absolute atomic E-state index is 12.8. The maximum atomic E-state index is 12.8. The van der Waals surface area contributed by atoms with Crippen molar-refractivity contribution in [2.45, 2.75) is 9.79 Å². The zero-order valence-electron chi connectivity index (χ0n) is 32.3. The molecule has 6 aromatic carbocycles. The Kier molecular flexibility index (Phi) is 12.5. The molecule has 0 fully saturated rings. The van der Waals surface area contributed by atoms with Crippen molar-refractivity contribution in [3.63, 3.8) is 0 Å². The Morgan fingerprint density at radius 2 is 1.07 bits per heavy atom. The molecule has 1 amide bonds. The van der Waals surface area contributed by atoms with Crippen LogP contribution in [-0.2, 0) is 20.2 Å². The van der Waals surface area contributed by atoms with E-state index in [1.165, 1.54) is 107 Å². The molecule has 6 rings (SSSR count). The van der Waals surface area contributed by atoms with Gasteiger partial charge in [0.1, 0.15) is 56.3 Å². The molecule has 0 unspecified atom stereocenters. The van der Waals surface area contributed by atoms with Gasteiger partial charge < -0.3 is 35.1 Å². The van der Waals surface area contributed by atoms with Gasteiger partial charge in [-0.3, -0.25) is 13.9 Å². The molecule has 0 aliphatic carbocycles. The molecule has 314 valence electrons. The van der Waals surface area contributed by atoms with E-state index in [0.717, 1.165) is 6.07 Å². The van der Waals surface area contributed by atoms with Crippen LogP contribution in [-0.4, -0.2) is 65.4 Å². The lowest BCUT2D eigenvalue weighted by Crippen LogP contribution is -2.11. The normalized spacial score (nSPS) is 12.0. The highest BCUT2D eigenvalue weighted by atomic mass is 32.2. The fourth-order valence-electron chi connectivity index (χ4n) is 5.61. The second-order valence-electron chi connectivity index (χ2n) is 12.5. The molecule has 0 atom stereocenters. The number of nitrogens with two attached hydrogens (primary N) is 1. The molecular weight excluding hydrogens is 837 g/mol. The van der Waals surface area contributed by atoms with Gasteiger partial charge in [-0.15, -0.1) is 25.6 Å². The Balaban J connectivity index is 1.30. The maximum Gasteiger partial charge on any atom is 0.296 e. The number of benzene rings is 6. The van der Waals surface area contributed by atoms with Crippen molar-refractivity contribution in [3.8, 4) is 28.7 Å². The predicted octanol–water partition coefficient (Wildman–Crippen LogP) is 9.15. The van der Waals surface area contributed by atoms with Crippen molar-refractivity contribution in [2.24, 2.45) is 30.7 Å². The number of phenols is 1. The summed E-state index contributed by atoms with van der Waals surface area (Å²) in [5.41, 5.74) is 7.01. The van der Waals surface area contributed by atoms with Crippen LogP contribution in [0.15, 0.2) is 138 Å². The number of rotatable bonds is 14. The van der Waals surface area contributed by atoms with Gasteiger partial charge in [0.2, 0.25) is 0 Å². The Labute approximate surface area is 347 Å². The summed E-state index contributed by atoms with van der Waals surface area (Å²) in [6, 6.07) is 22.4. The average molecular weight is 871 g/mol. The van der Waals surface area contributed by atoms with E-state index in [0.29, 0.717) is 11.3 Å². The number of azo groups is 3. The molecule has 6 aromatic rings. The minimum atomic E-state index is -4.99. The van der Waals surface area contributed by atoms with Gasteiger partial charge in [0.05, 0.1) is 39.0 Å². The number of anilines is 2. The molecule has 0 saturated carbocycles. The largest absolute Gasteiger partial charge is 0.505 e. The quantitative estimate of drug-likeness (QED) is 0.0388. The van der Waals surface area contributed by atoms with Crippen LogP contribution < -0.4 is 30.0 Å². The second kappa shape index (κ2) is 17.8. The Hall–Kier alpha value is -7.53. The molecule has 0 heterocycles. The summed E-state index contributed by atoms with van der Waals surface area (Å²) < 4.78 is 89.2. The summed E-state index contributed by atoms with van der Waals surface area (Å²) >= 11 is 0. The minimum Gasteiger partial charge on any atom is -0.505 e. The number of phenolic OH excluding ortho intramolecular Hbond substituents is 1. The smallest absolute Gasteiger partial charge is 0.296 e. The van der Waals surface area contributed by atoms with E-state index in [9.17, 15) is 35.8 Å². The number of carbonyl (C=O) groups is 1. The van der Waals surface area contributed by atoms with Crippen molar-refractivity contribution >= 4 is 82.4 Å². The van der Waals surface area contributed by atoms with Gasteiger partial charge in [0, 0.05) is 46.6 Å². The van der Waals surface area contributed by atoms with Crippen molar-refractivity contribution in [3.05, 3.63) is 103 Å². The fourth-order valence-corrected chi connectivity index (χ4v) is 6.75. The molecule has 0 radical (unpaired) electrons. The Morgan fingerprint density at radius 1 is 0.590 bits per heavy atom. The van der Waals surface area contributed by atoms with Gasteiger partial charge in [-0.05, 0) is 78.2 Å². The number of ether oxygens (including phenoxy) is 4. The summed E-state index contributed by atoms with van der Waals surface area (Å²) in [4.78, 5) is 11.7. The fraction of sp³-hybridized carbons (Fsp3) is 0.103. The first-order valence-electron chi connectivity index (χ1n) is 17.3. The number of methoxy groups -OCH3 is 4. The SMILES string of the molecule is COc1cc(N=Nc2cc(OC)c(N=Nc3c(S(=O)(=O)O)cc4cc(NC(=O)c5ccc(N)cc5)ccc4c3O)cc2OC)c(OC)cc1N=Nc1ccc(S(=O)(=O)O)cc1. The lowest BCUT2D eigenvalue weighted by atomic mass is 10.1. The number of hydrogen-bond acceptors (Lipinski definition) is 17. The summed E-state index contributed by atoms with van der Waals surface area (Å²) in [6.07, 6.45) is 0. The highest BCUT2D eigenvalue weighted by molar-refractivity contribution is 7.86. The Morgan fingerprint density at radius 3 is 1.52 bits per heavy atom. The predicted molar refractivity (Wildman–Crippen MR) is 222 cm³/mol. The van der Waals surface area contributed by atoms with Crippen molar-refractivity contribution in [1.29, 1.82) is 0 Å². The summed E-state index contributed by atoms with van der Waals surface area (Å²) in [5.74, 6) is -0.493. The van der Waals surface area contributed by atoms with Gasteiger partial charge >= 0.3 is 0 Å². The zero-order chi connectivity index (χ0) is 44.1. The molecule has 20 nitrogen and oxygen atoms in total. The van der Waals surface area contributed by atoms with Crippen molar-refractivity contribution < 1.29 is 54.8 Å². The van der Waals surface area contributed by atoms with E-state index in [2.05, 4.69) is 36.0 Å². The van der Waals surface area contributed by atoms with Crippen LogP contribution in [0.4, 0.5) is 45.5 Å². The van der Waals surface area contributed by atoms with Crippen molar-refractivity contribution in [1.82, 2.24) is 0 Å². The number of aromatic hydroxyl groups is 1. The van der Waals surface area contributed by atoms with Crippen molar-refractivity contribution in [2.75, 3.05) is 39.5 Å². The van der Waals surface area contributed by atoms with Crippen LogP contribution in [0, 0.1) is 0 Å². The summed E-state index contributed by atoms with van der Waals surface area (Å²) in [5, 5.41) is 39.2. The lowest BCUT2D eigenvalue weighted by Gasteiger charge is -2.12. The van der Waals surface area contributed by atoms with E-state index in [1.54, 1.807) is 12.1 Å². The van der Waals surface area contributed by atoms with Gasteiger partial charge in [-0.1, -0.05) is 0 Å². The third-order valence-corrected chi connectivity index (χ3v) is 10.4. The summed E-state index contributed by atoms with van der Waals surface area (Å²) in [7, 11) is -3.92. The third-order valence-electron chi connectivity index (χ3n) is 8.65. The number of carbonyl (C=O) groups excluding carboxylic acids is 1. The lowest BCUT2D eigenvalue weighted by molar-refractivity contribution is 0.102. The average Bonchev–Trinajstić information content (AvgIpc) is 3.23. The highest BCUT2D eigenvalue weighted by Gasteiger charge is 2.23. The van der Waals surface area contributed by atoms with E-state index in [-0.39, 0.29) is 72.8 Å². The highest BCUT2D eigenvalue weighted by Crippen LogP contribution is 2.46. The zero-order valence-corrected chi connectivity index (χ0v) is 34.0. The van der Waals surface area contributed by atoms with E-state index in [1.807, 2.05) is 0 Å². The molecular formula is C39H34N8O12S2. The van der Waals surface area contributed by atoms with Gasteiger partial charge in [-0.2, -0.15) is 21.9 Å². The summed E-state index contributed by atoms with van der Waals surface area (Å²) in [6.45, 7) is 0. The van der Waals surface area contributed by atoms with Gasteiger partial charge in [-0.25, -0.2) is 0 Å². The first kappa shape index (κ1) is 43.1. The minimum absolute atomic E-state index is 0.00130. The molecule has 6 N–H and O–H groups in total. The number of nitrogens with zero attached hydrogens (tertiary/aromatic N) is 6. The molecule has 0 bridgehead atoms. The van der Waals surface area contributed by atoms with Gasteiger partial charge in [0.25, 0.3) is 26.1 Å². The number of hydrogen-bond donors (Lipinski definition) is 5. The number of nitrogens with one attached hydrogen (secondary N) is 1. The van der Waals surface area contributed by atoms with Crippen LogP contribution in [0.3, 0.4) is 0 Å². The van der Waals surface area contributed by atoms with E-state index < -0.39 is 42.5 Å². The third kappa shape index (κ3) is 9.85. The number of amides is 1. The molecule has 0 aliphatic heterocycles. The molecule has 0 spiro atoms. The van der Waals surface area contributed by atoms with Crippen LogP contribution in [0.5, 0.6) is 28.7 Å². The van der Waals surface area contributed by atoms with Crippen LogP contribution in [0.25, 0.3) is 10.8 Å². The van der Waals surface area contributed by atoms with E-state index >= 15 is 0 Å². The van der Waals surface area contributed by atoms with Gasteiger partial charge in [0.15, 0.2) is 5.75 Å². The van der Waals surface area contributed by atoms with Crippen LogP contribution in [0.1, 0.15) is 10.4 Å². The molecule has 0 aliphatic rings. The standard InChI is InChI=1S/C39H34N8O12S2/c1-56-32-18-29(33(57-2)17-28(32)43-42-24-9-12-26(13-10-24)60(50,51)52)44-45-30-19-35(59-4)31(20-34(30)58-3)46-47-37-36(61(53,54)55)16-22-15-25(11-14-27(22)38(37)48)41-39(49)21-5-7-23(40)8-6-21/h5-20,48H,40H2,1-4H3,(H,41,49)(H,50,51,52)(H,53,54,55). The molecule has 22 heteroatoms. The second-order valence-corrected chi connectivity index (χ2v) is 15.3.